The van der Waals surface area contributed by atoms with Crippen LogP contribution in [0, 0.1) is 6.92 Å². The number of nitrogens with zero attached hydrogens (tertiary/aromatic N) is 6. The van der Waals surface area contributed by atoms with E-state index in [1.165, 1.54) is 0 Å². The Kier molecular flexibility index (Phi) is 3.66. The van der Waals surface area contributed by atoms with Crippen molar-refractivity contribution in [2.24, 2.45) is 0 Å². The van der Waals surface area contributed by atoms with Crippen molar-refractivity contribution in [3.05, 3.63) is 36.4 Å². The van der Waals surface area contributed by atoms with Gasteiger partial charge in [0.15, 0.2) is 5.76 Å². The summed E-state index contributed by atoms with van der Waals surface area (Å²) in [5.41, 5.74) is 0.991. The molecule has 23 heavy (non-hydrogen) atoms. The Morgan fingerprint density at radius 1 is 1.35 bits per heavy atom. The molecule has 0 spiro atoms. The molecule has 120 valence electrons. The van der Waals surface area contributed by atoms with Gasteiger partial charge in [-0.25, -0.2) is 4.98 Å². The van der Waals surface area contributed by atoms with Crippen LogP contribution in [0.15, 0.2) is 33.8 Å². The van der Waals surface area contributed by atoms with Crippen LogP contribution >= 0.6 is 0 Å². The highest BCUT2D eigenvalue weighted by molar-refractivity contribution is 5.49. The molecular formula is C15H18N6O2. The van der Waals surface area contributed by atoms with E-state index in [-0.39, 0.29) is 0 Å². The molecule has 1 saturated heterocycles. The van der Waals surface area contributed by atoms with Crippen LogP contribution in [0.25, 0.3) is 11.7 Å². The Morgan fingerprint density at radius 2 is 2.30 bits per heavy atom. The highest BCUT2D eigenvalue weighted by Gasteiger charge is 2.27. The van der Waals surface area contributed by atoms with E-state index in [1.54, 1.807) is 18.9 Å². The zero-order valence-corrected chi connectivity index (χ0v) is 12.9. The predicted molar refractivity (Wildman–Crippen MR) is 80.2 cm³/mol. The highest BCUT2D eigenvalue weighted by atomic mass is 16.4. The minimum Gasteiger partial charge on any atom is -0.459 e. The molecule has 1 fully saturated rings. The summed E-state index contributed by atoms with van der Waals surface area (Å²) in [4.78, 5) is 6.35. The number of furan rings is 1. The lowest BCUT2D eigenvalue weighted by atomic mass is 10.2. The molecule has 4 rings (SSSR count). The van der Waals surface area contributed by atoms with Gasteiger partial charge in [-0.3, -0.25) is 9.58 Å². The van der Waals surface area contributed by atoms with E-state index in [2.05, 4.69) is 25.2 Å². The monoisotopic (exact) mass is 314 g/mol. The van der Waals surface area contributed by atoms with E-state index >= 15 is 0 Å². The molecule has 3 aromatic rings. The van der Waals surface area contributed by atoms with Crippen molar-refractivity contribution in [2.45, 2.75) is 38.9 Å². The van der Waals surface area contributed by atoms with E-state index in [4.69, 9.17) is 8.83 Å². The third-order valence-corrected chi connectivity index (χ3v) is 4.22. The van der Waals surface area contributed by atoms with Gasteiger partial charge in [-0.1, -0.05) is 0 Å². The summed E-state index contributed by atoms with van der Waals surface area (Å²) in [5, 5.41) is 12.4. The predicted octanol–water partition coefficient (Wildman–Crippen LogP) is 1.89. The van der Waals surface area contributed by atoms with Crippen LogP contribution in [-0.2, 0) is 13.1 Å². The number of hydrogen-bond acceptors (Lipinski definition) is 7. The molecule has 0 amide bonds. The van der Waals surface area contributed by atoms with E-state index in [0.717, 1.165) is 31.5 Å². The summed E-state index contributed by atoms with van der Waals surface area (Å²) in [6.45, 7) is 4.46. The third-order valence-electron chi connectivity index (χ3n) is 4.22. The summed E-state index contributed by atoms with van der Waals surface area (Å²) in [5.74, 6) is 1.69. The minimum atomic E-state index is 0.414. The van der Waals surface area contributed by atoms with Crippen molar-refractivity contribution in [1.29, 1.82) is 0 Å². The molecule has 4 heterocycles. The van der Waals surface area contributed by atoms with E-state index in [1.807, 2.05) is 17.7 Å². The molecule has 0 saturated carbocycles. The number of rotatable bonds is 5. The van der Waals surface area contributed by atoms with Gasteiger partial charge < -0.3 is 8.83 Å². The number of likely N-dealkylation sites (tertiary alicyclic amines) is 1. The molecule has 1 unspecified atom stereocenters. The van der Waals surface area contributed by atoms with Crippen LogP contribution < -0.4 is 0 Å². The quantitative estimate of drug-likeness (QED) is 0.710. The first kappa shape index (κ1) is 14.1. The molecule has 8 nitrogen and oxygen atoms in total. The summed E-state index contributed by atoms with van der Waals surface area (Å²) in [7, 11) is 0. The first-order chi connectivity index (χ1) is 11.3. The maximum Gasteiger partial charge on any atom is 0.283 e. The standard InChI is InChI=1S/C15H18N6O2/c1-11-4-6-22-14(11)15-19-18-13(23-15)8-20-5-2-3-12(20)7-21-10-16-9-17-21/h4,6,9-10,12H,2-3,5,7-8H2,1H3. The van der Waals surface area contributed by atoms with Crippen LogP contribution in [-0.4, -0.2) is 42.4 Å². The van der Waals surface area contributed by atoms with Crippen LogP contribution in [0.2, 0.25) is 0 Å². The molecule has 1 atom stereocenters. The van der Waals surface area contributed by atoms with Crippen molar-refractivity contribution >= 4 is 0 Å². The molecule has 0 radical (unpaired) electrons. The molecule has 1 aliphatic heterocycles. The maximum absolute atomic E-state index is 5.76. The zero-order chi connectivity index (χ0) is 15.6. The lowest BCUT2D eigenvalue weighted by Gasteiger charge is -2.22. The molecule has 1 aliphatic rings. The molecule has 0 bridgehead atoms. The smallest absolute Gasteiger partial charge is 0.283 e. The van der Waals surface area contributed by atoms with Crippen molar-refractivity contribution in [3.63, 3.8) is 0 Å². The number of hydrogen-bond donors (Lipinski definition) is 0. The Hall–Kier alpha value is -2.48. The SMILES string of the molecule is Cc1ccoc1-c1nnc(CN2CCCC2Cn2cncn2)o1. The van der Waals surface area contributed by atoms with E-state index in [9.17, 15) is 0 Å². The molecule has 8 heteroatoms. The van der Waals surface area contributed by atoms with Crippen LogP contribution in [0.1, 0.15) is 24.3 Å². The molecule has 0 N–H and O–H groups in total. The van der Waals surface area contributed by atoms with Crippen LogP contribution in [0.3, 0.4) is 0 Å². The summed E-state index contributed by atoms with van der Waals surface area (Å²) in [6, 6.07) is 2.30. The van der Waals surface area contributed by atoms with Crippen molar-refractivity contribution < 1.29 is 8.83 Å². The Balaban J connectivity index is 1.45. The first-order valence-corrected chi connectivity index (χ1v) is 7.73. The fourth-order valence-electron chi connectivity index (χ4n) is 3.03. The summed E-state index contributed by atoms with van der Waals surface area (Å²) < 4.78 is 13.0. The minimum absolute atomic E-state index is 0.414. The largest absolute Gasteiger partial charge is 0.459 e. The molecule has 0 aromatic carbocycles. The van der Waals surface area contributed by atoms with Gasteiger partial charge in [0.2, 0.25) is 5.89 Å². The molecule has 3 aromatic heterocycles. The highest BCUT2D eigenvalue weighted by Crippen LogP contribution is 2.25. The van der Waals surface area contributed by atoms with Crippen molar-refractivity contribution in [1.82, 2.24) is 29.9 Å². The van der Waals surface area contributed by atoms with Gasteiger partial charge in [0.1, 0.15) is 12.7 Å². The molecule has 0 aliphatic carbocycles. The van der Waals surface area contributed by atoms with Crippen LogP contribution in [0.4, 0.5) is 0 Å². The fraction of sp³-hybridized carbons (Fsp3) is 0.467. The second-order valence-electron chi connectivity index (χ2n) is 5.82. The molecular weight excluding hydrogens is 296 g/mol. The summed E-state index contributed by atoms with van der Waals surface area (Å²) >= 11 is 0. The second-order valence-corrected chi connectivity index (χ2v) is 5.82. The van der Waals surface area contributed by atoms with Crippen molar-refractivity contribution in [2.75, 3.05) is 6.54 Å². The maximum atomic E-state index is 5.76. The van der Waals surface area contributed by atoms with Gasteiger partial charge in [-0.05, 0) is 32.4 Å². The average Bonchev–Trinajstić information content (AvgIpc) is 3.30. The van der Waals surface area contributed by atoms with Gasteiger partial charge in [0, 0.05) is 11.6 Å². The van der Waals surface area contributed by atoms with E-state index in [0.29, 0.717) is 30.1 Å². The average molecular weight is 314 g/mol. The number of aryl methyl sites for hydroxylation is 1. The fourth-order valence-corrected chi connectivity index (χ4v) is 3.03. The second kappa shape index (κ2) is 5.96. The Labute approximate surface area is 133 Å². The van der Waals surface area contributed by atoms with Crippen LogP contribution in [0.5, 0.6) is 0 Å². The normalized spacial score (nSPS) is 18.7. The van der Waals surface area contributed by atoms with Gasteiger partial charge in [0.05, 0.1) is 19.4 Å². The van der Waals surface area contributed by atoms with E-state index < -0.39 is 0 Å². The van der Waals surface area contributed by atoms with Gasteiger partial charge in [-0.2, -0.15) is 5.10 Å². The van der Waals surface area contributed by atoms with Gasteiger partial charge >= 0.3 is 0 Å². The van der Waals surface area contributed by atoms with Gasteiger partial charge in [-0.15, -0.1) is 10.2 Å². The van der Waals surface area contributed by atoms with Gasteiger partial charge in [0.25, 0.3) is 5.89 Å². The Morgan fingerprint density at radius 3 is 3.09 bits per heavy atom. The van der Waals surface area contributed by atoms with Crippen molar-refractivity contribution in [3.8, 4) is 11.7 Å². The Bertz CT molecular complexity index is 763. The third kappa shape index (κ3) is 2.89. The first-order valence-electron chi connectivity index (χ1n) is 7.73. The lowest BCUT2D eigenvalue weighted by Crippen LogP contribution is -2.32. The lowest BCUT2D eigenvalue weighted by molar-refractivity contribution is 0.200. The number of aromatic nitrogens is 5. The topological polar surface area (TPSA) is 86.0 Å². The zero-order valence-electron chi connectivity index (χ0n) is 12.9. The summed E-state index contributed by atoms with van der Waals surface area (Å²) in [6.07, 6.45) is 7.25.